The number of anilines is 1. The molecule has 0 unspecified atom stereocenters. The standard InChI is InChI=1S/C20H19N3O2S/c1-14-17(12-18(24)21-13-15-8-4-2-5-9-15)26-20(22-14)23-19(25)16-10-6-3-7-11-16/h2-11H,12-13H2,1H3,(H,21,24)(H,22,23,25). The molecule has 0 aliphatic heterocycles. The molecular weight excluding hydrogens is 346 g/mol. The molecule has 0 aliphatic rings. The van der Waals surface area contributed by atoms with Gasteiger partial charge in [-0.05, 0) is 24.6 Å². The van der Waals surface area contributed by atoms with Gasteiger partial charge in [0, 0.05) is 17.0 Å². The van der Waals surface area contributed by atoms with Crippen LogP contribution in [-0.2, 0) is 17.8 Å². The van der Waals surface area contributed by atoms with Crippen molar-refractivity contribution in [1.82, 2.24) is 10.3 Å². The molecule has 1 heterocycles. The molecule has 6 heteroatoms. The van der Waals surface area contributed by atoms with Crippen LogP contribution < -0.4 is 10.6 Å². The Morgan fingerprint density at radius 1 is 1.00 bits per heavy atom. The molecule has 2 aromatic carbocycles. The Bertz CT molecular complexity index is 892. The van der Waals surface area contributed by atoms with Crippen LogP contribution in [0.3, 0.4) is 0 Å². The summed E-state index contributed by atoms with van der Waals surface area (Å²) in [6.45, 7) is 2.34. The Kier molecular flexibility index (Phi) is 5.76. The number of benzene rings is 2. The van der Waals surface area contributed by atoms with Gasteiger partial charge in [0.05, 0.1) is 12.1 Å². The second-order valence-corrected chi connectivity index (χ2v) is 6.87. The predicted molar refractivity (Wildman–Crippen MR) is 103 cm³/mol. The molecule has 26 heavy (non-hydrogen) atoms. The number of amides is 2. The van der Waals surface area contributed by atoms with Gasteiger partial charge in [-0.2, -0.15) is 0 Å². The molecule has 0 fully saturated rings. The molecule has 0 saturated carbocycles. The number of aryl methyl sites for hydroxylation is 1. The number of carbonyl (C=O) groups excluding carboxylic acids is 2. The minimum absolute atomic E-state index is 0.0680. The first kappa shape index (κ1) is 17.8. The SMILES string of the molecule is Cc1nc(NC(=O)c2ccccc2)sc1CC(=O)NCc1ccccc1. The second kappa shape index (κ2) is 8.40. The highest BCUT2D eigenvalue weighted by Gasteiger charge is 2.14. The first-order valence-electron chi connectivity index (χ1n) is 8.25. The predicted octanol–water partition coefficient (Wildman–Crippen LogP) is 3.56. The minimum Gasteiger partial charge on any atom is -0.352 e. The third-order valence-electron chi connectivity index (χ3n) is 3.80. The van der Waals surface area contributed by atoms with Crippen molar-refractivity contribution in [2.24, 2.45) is 0 Å². The maximum absolute atomic E-state index is 12.2. The number of hydrogen-bond acceptors (Lipinski definition) is 4. The highest BCUT2D eigenvalue weighted by molar-refractivity contribution is 7.16. The van der Waals surface area contributed by atoms with E-state index in [9.17, 15) is 9.59 Å². The molecule has 1 aromatic heterocycles. The smallest absolute Gasteiger partial charge is 0.257 e. The van der Waals surface area contributed by atoms with Crippen LogP contribution in [0, 0.1) is 6.92 Å². The van der Waals surface area contributed by atoms with Gasteiger partial charge in [-0.1, -0.05) is 48.5 Å². The number of nitrogens with one attached hydrogen (secondary N) is 2. The number of carbonyl (C=O) groups is 2. The maximum Gasteiger partial charge on any atom is 0.257 e. The average molecular weight is 365 g/mol. The minimum atomic E-state index is -0.209. The summed E-state index contributed by atoms with van der Waals surface area (Å²) in [4.78, 5) is 29.6. The Morgan fingerprint density at radius 3 is 2.35 bits per heavy atom. The largest absolute Gasteiger partial charge is 0.352 e. The number of nitrogens with zero attached hydrogens (tertiary/aromatic N) is 1. The molecule has 0 bridgehead atoms. The molecular formula is C20H19N3O2S. The van der Waals surface area contributed by atoms with E-state index in [4.69, 9.17) is 0 Å². The van der Waals surface area contributed by atoms with Crippen molar-refractivity contribution in [3.63, 3.8) is 0 Å². The van der Waals surface area contributed by atoms with Crippen LogP contribution in [-0.4, -0.2) is 16.8 Å². The van der Waals surface area contributed by atoms with E-state index in [0.717, 1.165) is 16.1 Å². The molecule has 0 atom stereocenters. The molecule has 5 nitrogen and oxygen atoms in total. The molecule has 3 aromatic rings. The van der Waals surface area contributed by atoms with Crippen LogP contribution in [0.1, 0.15) is 26.5 Å². The van der Waals surface area contributed by atoms with E-state index in [-0.39, 0.29) is 18.2 Å². The normalized spacial score (nSPS) is 10.3. The first-order chi connectivity index (χ1) is 12.6. The van der Waals surface area contributed by atoms with Crippen molar-refractivity contribution in [3.05, 3.63) is 82.4 Å². The summed E-state index contributed by atoms with van der Waals surface area (Å²) in [5, 5.41) is 6.19. The van der Waals surface area contributed by atoms with Crippen molar-refractivity contribution in [1.29, 1.82) is 0 Å². The lowest BCUT2D eigenvalue weighted by Crippen LogP contribution is -2.24. The van der Waals surface area contributed by atoms with Crippen molar-refractivity contribution < 1.29 is 9.59 Å². The zero-order chi connectivity index (χ0) is 18.4. The van der Waals surface area contributed by atoms with Crippen LogP contribution >= 0.6 is 11.3 Å². The molecule has 3 rings (SSSR count). The van der Waals surface area contributed by atoms with Gasteiger partial charge in [0.2, 0.25) is 5.91 Å². The molecule has 0 radical (unpaired) electrons. The summed E-state index contributed by atoms with van der Waals surface area (Å²) in [5.74, 6) is -0.277. The molecule has 0 saturated heterocycles. The van der Waals surface area contributed by atoms with Crippen LogP contribution in [0.25, 0.3) is 0 Å². The lowest BCUT2D eigenvalue weighted by Gasteiger charge is -2.04. The summed E-state index contributed by atoms with van der Waals surface area (Å²) in [7, 11) is 0. The summed E-state index contributed by atoms with van der Waals surface area (Å²) in [6.07, 6.45) is 0.248. The van der Waals surface area contributed by atoms with E-state index in [2.05, 4.69) is 15.6 Å². The monoisotopic (exact) mass is 365 g/mol. The molecule has 132 valence electrons. The van der Waals surface area contributed by atoms with Gasteiger partial charge >= 0.3 is 0 Å². The average Bonchev–Trinajstić information content (AvgIpc) is 3.00. The highest BCUT2D eigenvalue weighted by Crippen LogP contribution is 2.23. The van der Waals surface area contributed by atoms with Crippen LogP contribution in [0.2, 0.25) is 0 Å². The number of aromatic nitrogens is 1. The Hall–Kier alpha value is -2.99. The third-order valence-corrected chi connectivity index (χ3v) is 4.88. The lowest BCUT2D eigenvalue weighted by atomic mass is 10.2. The van der Waals surface area contributed by atoms with Crippen molar-refractivity contribution >= 4 is 28.3 Å². The topological polar surface area (TPSA) is 71.1 Å². The number of thiazole rings is 1. The molecule has 2 N–H and O–H groups in total. The van der Waals surface area contributed by atoms with E-state index >= 15 is 0 Å². The van der Waals surface area contributed by atoms with E-state index in [0.29, 0.717) is 17.2 Å². The van der Waals surface area contributed by atoms with Crippen LogP contribution in [0.4, 0.5) is 5.13 Å². The fourth-order valence-electron chi connectivity index (χ4n) is 2.41. The van der Waals surface area contributed by atoms with Gasteiger partial charge in [-0.15, -0.1) is 11.3 Å². The van der Waals surface area contributed by atoms with E-state index in [1.165, 1.54) is 11.3 Å². The van der Waals surface area contributed by atoms with E-state index in [1.807, 2.05) is 55.5 Å². The third kappa shape index (κ3) is 4.77. The summed E-state index contributed by atoms with van der Waals surface area (Å²) in [6, 6.07) is 18.7. The van der Waals surface area contributed by atoms with E-state index < -0.39 is 0 Å². The number of hydrogen-bond donors (Lipinski definition) is 2. The number of rotatable bonds is 6. The maximum atomic E-state index is 12.2. The Labute approximate surface area is 156 Å². The Morgan fingerprint density at radius 2 is 1.65 bits per heavy atom. The van der Waals surface area contributed by atoms with Gasteiger partial charge < -0.3 is 5.32 Å². The van der Waals surface area contributed by atoms with Gasteiger partial charge in [0.1, 0.15) is 0 Å². The van der Waals surface area contributed by atoms with Crippen LogP contribution in [0.15, 0.2) is 60.7 Å². The molecule has 0 spiro atoms. The van der Waals surface area contributed by atoms with Crippen molar-refractivity contribution in [2.45, 2.75) is 19.9 Å². The van der Waals surface area contributed by atoms with Gasteiger partial charge in [0.15, 0.2) is 5.13 Å². The lowest BCUT2D eigenvalue weighted by molar-refractivity contribution is -0.120. The van der Waals surface area contributed by atoms with Crippen molar-refractivity contribution in [3.8, 4) is 0 Å². The summed E-state index contributed by atoms with van der Waals surface area (Å²) < 4.78 is 0. The first-order valence-corrected chi connectivity index (χ1v) is 9.07. The molecule has 0 aliphatic carbocycles. The second-order valence-electron chi connectivity index (χ2n) is 5.79. The van der Waals surface area contributed by atoms with Gasteiger partial charge in [-0.25, -0.2) is 4.98 Å². The van der Waals surface area contributed by atoms with Gasteiger partial charge in [-0.3, -0.25) is 14.9 Å². The molecule has 2 amide bonds. The van der Waals surface area contributed by atoms with Gasteiger partial charge in [0.25, 0.3) is 5.91 Å². The fourth-order valence-corrected chi connectivity index (χ4v) is 3.37. The quantitative estimate of drug-likeness (QED) is 0.702. The highest BCUT2D eigenvalue weighted by atomic mass is 32.1. The summed E-state index contributed by atoms with van der Waals surface area (Å²) in [5.41, 5.74) is 2.38. The zero-order valence-electron chi connectivity index (χ0n) is 14.4. The van der Waals surface area contributed by atoms with Crippen molar-refractivity contribution in [2.75, 3.05) is 5.32 Å². The zero-order valence-corrected chi connectivity index (χ0v) is 15.2. The fraction of sp³-hybridized carbons (Fsp3) is 0.150. The van der Waals surface area contributed by atoms with E-state index in [1.54, 1.807) is 12.1 Å². The van der Waals surface area contributed by atoms with Crippen LogP contribution in [0.5, 0.6) is 0 Å². The summed E-state index contributed by atoms with van der Waals surface area (Å²) >= 11 is 1.33. The Balaban J connectivity index is 1.57.